The molecular weight excluding hydrogens is 335 g/mol. The van der Waals surface area contributed by atoms with Gasteiger partial charge in [0.25, 0.3) is 0 Å². The maximum absolute atomic E-state index is 12.3. The highest BCUT2D eigenvalue weighted by molar-refractivity contribution is 6.50. The van der Waals surface area contributed by atoms with Crippen LogP contribution in [-0.2, 0) is 11.3 Å². The minimum atomic E-state index is -0.734. The molecule has 1 aliphatic carbocycles. The molecule has 0 saturated heterocycles. The lowest BCUT2D eigenvalue weighted by Gasteiger charge is -2.07. The van der Waals surface area contributed by atoms with E-state index in [9.17, 15) is 4.79 Å². The number of aromatic nitrogens is 2. The Hall–Kier alpha value is -1.52. The van der Waals surface area contributed by atoms with E-state index in [0.29, 0.717) is 24.2 Å². The fourth-order valence-electron chi connectivity index (χ4n) is 2.60. The number of rotatable bonds is 5. The number of halogens is 2. The van der Waals surface area contributed by atoms with Crippen LogP contribution in [-0.4, -0.2) is 26.7 Å². The lowest BCUT2D eigenvalue weighted by molar-refractivity contribution is 0.0483. The minimum absolute atomic E-state index is 0.0229. The number of esters is 1. The van der Waals surface area contributed by atoms with Crippen molar-refractivity contribution in [3.8, 4) is 0 Å². The number of nitrogens with zero attached hydrogens (tertiary/aromatic N) is 2. The first-order valence-electron chi connectivity index (χ1n) is 7.51. The molecule has 1 saturated carbocycles. The second-order valence-corrected chi connectivity index (χ2v) is 7.49. The summed E-state index contributed by atoms with van der Waals surface area (Å²) in [5.74, 6) is -0.342. The Bertz CT molecular complexity index is 726. The van der Waals surface area contributed by atoms with Crippen molar-refractivity contribution in [2.45, 2.75) is 31.1 Å². The summed E-state index contributed by atoms with van der Waals surface area (Å²) in [6.07, 6.45) is 0.661. The van der Waals surface area contributed by atoms with Gasteiger partial charge in [-0.25, -0.2) is 4.79 Å². The molecule has 0 aliphatic heterocycles. The zero-order valence-corrected chi connectivity index (χ0v) is 14.6. The van der Waals surface area contributed by atoms with Crippen LogP contribution in [0.25, 0.3) is 0 Å². The molecule has 1 aliphatic rings. The molecule has 3 rings (SSSR count). The van der Waals surface area contributed by atoms with Crippen LogP contribution in [0.5, 0.6) is 0 Å². The minimum Gasteiger partial charge on any atom is -0.462 e. The third kappa shape index (κ3) is 3.54. The fraction of sp³-hybridized carbons (Fsp3) is 0.412. The Morgan fingerprint density at radius 2 is 2.00 bits per heavy atom. The van der Waals surface area contributed by atoms with Gasteiger partial charge in [0.05, 0.1) is 24.5 Å². The van der Waals surface area contributed by atoms with Crippen LogP contribution in [0.4, 0.5) is 0 Å². The molecule has 0 radical (unpaired) electrons. The van der Waals surface area contributed by atoms with Gasteiger partial charge in [-0.2, -0.15) is 5.10 Å². The molecule has 1 aromatic carbocycles. The highest BCUT2D eigenvalue weighted by Gasteiger charge is 2.52. The fourth-order valence-corrected chi connectivity index (χ4v) is 3.10. The Kier molecular flexibility index (Phi) is 4.39. The standard InChI is InChI=1S/C17H18Cl2N2O2/c1-11-15(16(22)23-10-14-8-17(14,18)19)12(2)21(20-11)9-13-6-4-3-5-7-13/h3-7,14H,8-10H2,1-2H3/t14-/m0/s1. The van der Waals surface area contributed by atoms with E-state index in [1.54, 1.807) is 0 Å². The van der Waals surface area contributed by atoms with Gasteiger partial charge in [-0.15, -0.1) is 23.2 Å². The number of benzene rings is 1. The molecule has 122 valence electrons. The number of ether oxygens (including phenoxy) is 1. The quantitative estimate of drug-likeness (QED) is 0.605. The summed E-state index contributed by atoms with van der Waals surface area (Å²) in [5, 5.41) is 4.46. The van der Waals surface area contributed by atoms with Gasteiger partial charge in [0.2, 0.25) is 0 Å². The Balaban J connectivity index is 1.71. The summed E-state index contributed by atoms with van der Waals surface area (Å²) in [6.45, 7) is 4.56. The van der Waals surface area contributed by atoms with Gasteiger partial charge in [0, 0.05) is 5.92 Å². The van der Waals surface area contributed by atoms with E-state index >= 15 is 0 Å². The van der Waals surface area contributed by atoms with Crippen molar-refractivity contribution in [3.05, 3.63) is 52.8 Å². The van der Waals surface area contributed by atoms with Crippen LogP contribution in [0, 0.1) is 19.8 Å². The summed E-state index contributed by atoms with van der Waals surface area (Å²) in [7, 11) is 0. The van der Waals surface area contributed by atoms with Gasteiger partial charge in [0.15, 0.2) is 0 Å². The van der Waals surface area contributed by atoms with Crippen molar-refractivity contribution in [2.24, 2.45) is 5.92 Å². The molecular formula is C17H18Cl2N2O2. The molecule has 0 amide bonds. The lowest BCUT2D eigenvalue weighted by atomic mass is 10.2. The topological polar surface area (TPSA) is 44.1 Å². The molecule has 1 aromatic heterocycles. The van der Waals surface area contributed by atoms with Gasteiger partial charge in [-0.1, -0.05) is 30.3 Å². The van der Waals surface area contributed by atoms with Crippen LogP contribution in [0.3, 0.4) is 0 Å². The number of carbonyl (C=O) groups excluding carboxylic acids is 1. The molecule has 1 fully saturated rings. The number of aryl methyl sites for hydroxylation is 1. The van der Waals surface area contributed by atoms with Crippen LogP contribution in [0.15, 0.2) is 30.3 Å². The number of alkyl halides is 2. The van der Waals surface area contributed by atoms with E-state index in [1.807, 2.05) is 48.9 Å². The zero-order chi connectivity index (χ0) is 16.6. The largest absolute Gasteiger partial charge is 0.462 e. The number of carbonyl (C=O) groups is 1. The number of hydrogen-bond donors (Lipinski definition) is 0. The van der Waals surface area contributed by atoms with E-state index < -0.39 is 4.33 Å². The Morgan fingerprint density at radius 3 is 2.61 bits per heavy atom. The normalized spacial score (nSPS) is 18.7. The Labute approximate surface area is 145 Å². The molecule has 1 heterocycles. The summed E-state index contributed by atoms with van der Waals surface area (Å²) < 4.78 is 6.44. The lowest BCUT2D eigenvalue weighted by Crippen LogP contribution is -2.12. The monoisotopic (exact) mass is 352 g/mol. The summed E-state index contributed by atoms with van der Waals surface area (Å²) in [5.41, 5.74) is 3.12. The van der Waals surface area contributed by atoms with Crippen molar-refractivity contribution in [1.29, 1.82) is 0 Å². The SMILES string of the molecule is Cc1nn(Cc2ccccc2)c(C)c1C(=O)OC[C@@H]1CC1(Cl)Cl. The van der Waals surface area contributed by atoms with Gasteiger partial charge < -0.3 is 4.74 Å². The third-order valence-electron chi connectivity index (χ3n) is 4.13. The molecule has 0 bridgehead atoms. The Morgan fingerprint density at radius 1 is 1.35 bits per heavy atom. The van der Waals surface area contributed by atoms with Crippen molar-refractivity contribution < 1.29 is 9.53 Å². The van der Waals surface area contributed by atoms with Crippen LogP contribution in [0.2, 0.25) is 0 Å². The molecule has 6 heteroatoms. The molecule has 1 atom stereocenters. The molecule has 0 unspecified atom stereocenters. The molecule has 0 spiro atoms. The summed E-state index contributed by atoms with van der Waals surface area (Å²) >= 11 is 11.9. The first-order chi connectivity index (χ1) is 10.9. The zero-order valence-electron chi connectivity index (χ0n) is 13.1. The van der Waals surface area contributed by atoms with Crippen LogP contribution >= 0.6 is 23.2 Å². The first kappa shape index (κ1) is 16.3. The van der Waals surface area contributed by atoms with Gasteiger partial charge in [-0.05, 0) is 25.8 Å². The maximum Gasteiger partial charge on any atom is 0.341 e. The second kappa shape index (κ2) is 6.17. The second-order valence-electron chi connectivity index (χ2n) is 5.95. The molecule has 23 heavy (non-hydrogen) atoms. The first-order valence-corrected chi connectivity index (χ1v) is 8.27. The molecule has 0 N–H and O–H groups in total. The van der Waals surface area contributed by atoms with E-state index in [-0.39, 0.29) is 18.5 Å². The van der Waals surface area contributed by atoms with Crippen molar-refractivity contribution >= 4 is 29.2 Å². The van der Waals surface area contributed by atoms with Crippen molar-refractivity contribution in [2.75, 3.05) is 6.61 Å². The van der Waals surface area contributed by atoms with Crippen molar-refractivity contribution in [1.82, 2.24) is 9.78 Å². The smallest absolute Gasteiger partial charge is 0.341 e. The molecule has 2 aromatic rings. The van der Waals surface area contributed by atoms with E-state index in [4.69, 9.17) is 27.9 Å². The highest BCUT2D eigenvalue weighted by Crippen LogP contribution is 2.53. The van der Waals surface area contributed by atoms with Crippen molar-refractivity contribution in [3.63, 3.8) is 0 Å². The maximum atomic E-state index is 12.3. The van der Waals surface area contributed by atoms with Crippen LogP contribution in [0.1, 0.15) is 33.7 Å². The van der Waals surface area contributed by atoms with E-state index in [2.05, 4.69) is 5.10 Å². The predicted molar refractivity (Wildman–Crippen MR) is 90.1 cm³/mol. The highest BCUT2D eigenvalue weighted by atomic mass is 35.5. The van der Waals surface area contributed by atoms with E-state index in [1.165, 1.54) is 0 Å². The average Bonchev–Trinajstić information content (AvgIpc) is 3.02. The van der Waals surface area contributed by atoms with E-state index in [0.717, 1.165) is 11.3 Å². The van der Waals surface area contributed by atoms with Crippen LogP contribution < -0.4 is 0 Å². The number of hydrogen-bond acceptors (Lipinski definition) is 3. The summed E-state index contributed by atoms with van der Waals surface area (Å²) in [6, 6.07) is 10.00. The summed E-state index contributed by atoms with van der Waals surface area (Å²) in [4.78, 5) is 12.3. The molecule has 4 nitrogen and oxygen atoms in total. The average molecular weight is 353 g/mol. The van der Waals surface area contributed by atoms with Gasteiger partial charge in [0.1, 0.15) is 9.90 Å². The van der Waals surface area contributed by atoms with Gasteiger partial charge >= 0.3 is 5.97 Å². The predicted octanol–water partition coefficient (Wildman–Crippen LogP) is 3.90. The van der Waals surface area contributed by atoms with Gasteiger partial charge in [-0.3, -0.25) is 4.68 Å². The third-order valence-corrected chi connectivity index (χ3v) is 5.06.